The van der Waals surface area contributed by atoms with E-state index in [9.17, 15) is 39.3 Å². The van der Waals surface area contributed by atoms with E-state index in [1.54, 1.807) is 66.7 Å². The topological polar surface area (TPSA) is 168 Å². The minimum atomic E-state index is -1.69. The van der Waals surface area contributed by atoms with Crippen molar-refractivity contribution in [2.75, 3.05) is 7.11 Å². The van der Waals surface area contributed by atoms with Gasteiger partial charge in [0.05, 0.1) is 29.4 Å². The first-order chi connectivity index (χ1) is 20.6. The second kappa shape index (κ2) is 13.1. The van der Waals surface area contributed by atoms with Gasteiger partial charge in [0.25, 0.3) is 5.91 Å². The smallest absolute Gasteiger partial charge is 0.336 e. The van der Waals surface area contributed by atoms with Gasteiger partial charge < -0.3 is 29.7 Å². The van der Waals surface area contributed by atoms with Gasteiger partial charge in [-0.15, -0.1) is 0 Å². The molecule has 4 aromatic carbocycles. The molecule has 0 spiro atoms. The van der Waals surface area contributed by atoms with Crippen molar-refractivity contribution < 1.29 is 48.8 Å². The van der Waals surface area contributed by atoms with E-state index in [4.69, 9.17) is 9.47 Å². The average Bonchev–Trinajstić information content (AvgIpc) is 3.01. The van der Waals surface area contributed by atoms with Crippen LogP contribution in [0.2, 0.25) is 0 Å². The molecule has 0 aliphatic rings. The Labute approximate surface area is 245 Å². The fourth-order valence-corrected chi connectivity index (χ4v) is 4.42. The van der Waals surface area contributed by atoms with Gasteiger partial charge in [-0.3, -0.25) is 4.79 Å². The number of carboxylic acids is 3. The fourth-order valence-electron chi connectivity index (χ4n) is 4.42. The lowest BCUT2D eigenvalue weighted by Gasteiger charge is -2.31. The monoisotopic (exact) mass is 583 g/mol. The third-order valence-corrected chi connectivity index (χ3v) is 6.45. The third kappa shape index (κ3) is 6.85. The van der Waals surface area contributed by atoms with Crippen LogP contribution in [0.5, 0.6) is 11.5 Å². The van der Waals surface area contributed by atoms with Gasteiger partial charge in [0.2, 0.25) is 0 Å². The Morgan fingerprint density at radius 2 is 1.12 bits per heavy atom. The normalized spacial score (nSPS) is 11.2. The number of amides is 1. The van der Waals surface area contributed by atoms with E-state index in [1.165, 1.54) is 0 Å². The molecule has 4 aromatic rings. The van der Waals surface area contributed by atoms with Crippen LogP contribution >= 0.6 is 0 Å². The lowest BCUT2D eigenvalue weighted by atomic mass is 9.95. The highest BCUT2D eigenvalue weighted by Gasteiger charge is 2.36. The molecule has 0 heterocycles. The second-order valence-corrected chi connectivity index (χ2v) is 9.19. The summed E-state index contributed by atoms with van der Waals surface area (Å²) in [5.74, 6) is -5.84. The summed E-state index contributed by atoms with van der Waals surface area (Å²) in [6.45, 7) is -0.249. The van der Waals surface area contributed by atoms with Crippen molar-refractivity contribution >= 4 is 29.8 Å². The van der Waals surface area contributed by atoms with Crippen molar-refractivity contribution in [1.82, 2.24) is 4.90 Å². The average molecular weight is 584 g/mol. The number of rotatable bonds is 11. The molecule has 11 nitrogen and oxygen atoms in total. The van der Waals surface area contributed by atoms with Crippen LogP contribution < -0.4 is 4.74 Å². The van der Waals surface area contributed by atoms with Gasteiger partial charge in [-0.25, -0.2) is 19.2 Å². The number of ether oxygens (including phenoxy) is 2. The molecule has 0 aliphatic carbocycles. The summed E-state index contributed by atoms with van der Waals surface area (Å²) < 4.78 is 10.8. The molecule has 4 rings (SSSR count). The Hall–Kier alpha value is -5.97. The Balaban J connectivity index is 1.83. The number of carboxylic acid groups (broad SMARTS) is 3. The van der Waals surface area contributed by atoms with Crippen molar-refractivity contribution in [2.24, 2.45) is 0 Å². The lowest BCUT2D eigenvalue weighted by molar-refractivity contribution is -0.146. The number of carbonyl (C=O) groups is 5. The van der Waals surface area contributed by atoms with E-state index >= 15 is 0 Å². The maximum atomic E-state index is 14.2. The minimum absolute atomic E-state index is 0.249. The molecule has 11 heteroatoms. The summed E-state index contributed by atoms with van der Waals surface area (Å²) in [4.78, 5) is 64.1. The standard InChI is InChI=1S/C32H25NO10/c1-42-32(41)27(20-8-4-2-5-9-20)33(18-19-12-14-22(15-13-19)43-21-10-6-3-7-11-21)28(34)23-16-25(30(37)38)26(31(39)40)17-24(23)29(35)36/h2-17,27H,18H2,1H3,(H,35,36)(H,37,38)(H,39,40). The van der Waals surface area contributed by atoms with Crippen LogP contribution in [0.3, 0.4) is 0 Å². The second-order valence-electron chi connectivity index (χ2n) is 9.19. The highest BCUT2D eigenvalue weighted by Crippen LogP contribution is 2.30. The van der Waals surface area contributed by atoms with Crippen molar-refractivity contribution in [3.05, 3.63) is 130 Å². The molecular weight excluding hydrogens is 558 g/mol. The van der Waals surface area contributed by atoms with E-state index in [0.29, 0.717) is 34.8 Å². The van der Waals surface area contributed by atoms with Gasteiger partial charge in [-0.2, -0.15) is 0 Å². The van der Waals surface area contributed by atoms with E-state index in [2.05, 4.69) is 0 Å². The molecule has 0 saturated carbocycles. The maximum absolute atomic E-state index is 14.2. The number of hydrogen-bond donors (Lipinski definition) is 3. The van der Waals surface area contributed by atoms with Crippen LogP contribution in [-0.2, 0) is 16.1 Å². The van der Waals surface area contributed by atoms with Crippen molar-refractivity contribution in [1.29, 1.82) is 0 Å². The molecule has 0 fully saturated rings. The van der Waals surface area contributed by atoms with E-state index in [-0.39, 0.29) is 6.54 Å². The summed E-state index contributed by atoms with van der Waals surface area (Å²) >= 11 is 0. The number of carbonyl (C=O) groups excluding carboxylic acids is 2. The number of methoxy groups -OCH3 is 1. The highest BCUT2D eigenvalue weighted by molar-refractivity contribution is 6.11. The van der Waals surface area contributed by atoms with Crippen molar-refractivity contribution in [3.8, 4) is 11.5 Å². The first-order valence-corrected chi connectivity index (χ1v) is 12.7. The molecule has 218 valence electrons. The number of nitrogens with zero attached hydrogens (tertiary/aromatic N) is 1. The molecule has 3 N–H and O–H groups in total. The van der Waals surface area contributed by atoms with Crippen LogP contribution in [0.4, 0.5) is 0 Å². The zero-order chi connectivity index (χ0) is 31.1. The van der Waals surface area contributed by atoms with Crippen LogP contribution in [-0.4, -0.2) is 57.1 Å². The summed E-state index contributed by atoms with van der Waals surface area (Å²) in [5, 5.41) is 29.0. The molecule has 0 aromatic heterocycles. The quantitative estimate of drug-likeness (QED) is 0.201. The number of benzene rings is 4. The maximum Gasteiger partial charge on any atom is 0.336 e. The zero-order valence-corrected chi connectivity index (χ0v) is 22.7. The summed E-state index contributed by atoms with van der Waals surface area (Å²) in [6.07, 6.45) is 0. The molecule has 0 bridgehead atoms. The molecule has 1 unspecified atom stereocenters. The largest absolute Gasteiger partial charge is 0.478 e. The summed E-state index contributed by atoms with van der Waals surface area (Å²) in [5.41, 5.74) is -2.13. The zero-order valence-electron chi connectivity index (χ0n) is 22.7. The summed E-state index contributed by atoms with van der Waals surface area (Å²) in [6, 6.07) is 23.7. The van der Waals surface area contributed by atoms with Crippen molar-refractivity contribution in [2.45, 2.75) is 12.6 Å². The number of aromatic carboxylic acids is 3. The molecule has 0 aliphatic heterocycles. The minimum Gasteiger partial charge on any atom is -0.478 e. The Kier molecular flexibility index (Phi) is 9.16. The fraction of sp³-hybridized carbons (Fsp3) is 0.0938. The van der Waals surface area contributed by atoms with Crippen LogP contribution in [0.1, 0.15) is 58.6 Å². The van der Waals surface area contributed by atoms with E-state index in [1.807, 2.05) is 18.2 Å². The van der Waals surface area contributed by atoms with Gasteiger partial charge >= 0.3 is 23.9 Å². The number of hydrogen-bond acceptors (Lipinski definition) is 7. The van der Waals surface area contributed by atoms with E-state index < -0.39 is 58.1 Å². The predicted molar refractivity (Wildman–Crippen MR) is 151 cm³/mol. The Morgan fingerprint density at radius 3 is 1.63 bits per heavy atom. The molecule has 1 atom stereocenters. The van der Waals surface area contributed by atoms with Gasteiger partial charge in [0.15, 0.2) is 6.04 Å². The first kappa shape index (κ1) is 30.0. The number of esters is 1. The first-order valence-electron chi connectivity index (χ1n) is 12.7. The summed E-state index contributed by atoms with van der Waals surface area (Å²) in [7, 11) is 1.13. The third-order valence-electron chi connectivity index (χ3n) is 6.45. The van der Waals surface area contributed by atoms with E-state index in [0.717, 1.165) is 12.0 Å². The van der Waals surface area contributed by atoms with Crippen LogP contribution in [0, 0.1) is 0 Å². The molecule has 43 heavy (non-hydrogen) atoms. The number of para-hydroxylation sites is 1. The molecule has 0 radical (unpaired) electrons. The molecular formula is C32H25NO10. The van der Waals surface area contributed by atoms with Gasteiger partial charge in [-0.05, 0) is 47.5 Å². The molecule has 0 saturated heterocycles. The van der Waals surface area contributed by atoms with Gasteiger partial charge in [-0.1, -0.05) is 60.7 Å². The lowest BCUT2D eigenvalue weighted by Crippen LogP contribution is -2.40. The molecule has 1 amide bonds. The SMILES string of the molecule is COC(=O)C(c1ccccc1)N(Cc1ccc(Oc2ccccc2)cc1)C(=O)c1cc(C(=O)O)c(C(=O)O)cc1C(=O)O. The van der Waals surface area contributed by atoms with Crippen molar-refractivity contribution in [3.63, 3.8) is 0 Å². The highest BCUT2D eigenvalue weighted by atomic mass is 16.5. The Bertz CT molecular complexity index is 1670. The van der Waals surface area contributed by atoms with Crippen LogP contribution in [0.25, 0.3) is 0 Å². The van der Waals surface area contributed by atoms with Gasteiger partial charge in [0.1, 0.15) is 11.5 Å². The van der Waals surface area contributed by atoms with Gasteiger partial charge in [0, 0.05) is 6.54 Å². The predicted octanol–water partition coefficient (Wildman–Crippen LogP) is 5.13. The Morgan fingerprint density at radius 1 is 0.651 bits per heavy atom. The van der Waals surface area contributed by atoms with Crippen LogP contribution in [0.15, 0.2) is 97.1 Å².